The number of halogens is 2. The zero-order chi connectivity index (χ0) is 16.6. The first-order valence-electron chi connectivity index (χ1n) is 7.17. The Kier molecular flexibility index (Phi) is 4.33. The third-order valence-corrected chi connectivity index (χ3v) is 4.64. The van der Waals surface area contributed by atoms with E-state index in [1.54, 1.807) is 18.4 Å². The van der Waals surface area contributed by atoms with Crippen LogP contribution in [0.3, 0.4) is 0 Å². The molecule has 0 unspecified atom stereocenters. The van der Waals surface area contributed by atoms with Crippen molar-refractivity contribution in [1.29, 1.82) is 0 Å². The molecule has 118 valence electrons. The Balaban J connectivity index is 1.83. The minimum Gasteiger partial charge on any atom is -0.464 e. The van der Waals surface area contributed by atoms with Gasteiger partial charge in [0.25, 0.3) is 0 Å². The first-order chi connectivity index (χ1) is 11.0. The molecule has 3 nitrogen and oxygen atoms in total. The molecule has 0 aliphatic heterocycles. The Morgan fingerprint density at radius 3 is 2.74 bits per heavy atom. The zero-order valence-corrected chi connectivity index (χ0v) is 14.3. The van der Waals surface area contributed by atoms with E-state index in [2.05, 4.69) is 5.32 Å². The van der Waals surface area contributed by atoms with E-state index in [-0.39, 0.29) is 12.3 Å². The van der Waals surface area contributed by atoms with Gasteiger partial charge in [-0.3, -0.25) is 4.79 Å². The Bertz CT molecular complexity index is 899. The number of benzene rings is 2. The highest BCUT2D eigenvalue weighted by molar-refractivity contribution is 6.32. The molecule has 2 aromatic carbocycles. The highest BCUT2D eigenvalue weighted by Crippen LogP contribution is 2.28. The van der Waals surface area contributed by atoms with Crippen molar-refractivity contribution in [2.75, 3.05) is 5.32 Å². The average Bonchev–Trinajstić information content (AvgIpc) is 2.86. The number of amides is 1. The van der Waals surface area contributed by atoms with Crippen LogP contribution in [0.15, 0.2) is 41.0 Å². The van der Waals surface area contributed by atoms with Crippen molar-refractivity contribution in [3.05, 3.63) is 63.3 Å². The number of nitrogens with one attached hydrogen (secondary N) is 1. The van der Waals surface area contributed by atoms with Crippen LogP contribution < -0.4 is 5.32 Å². The van der Waals surface area contributed by atoms with E-state index in [1.165, 1.54) is 0 Å². The molecule has 0 saturated heterocycles. The maximum atomic E-state index is 12.3. The average molecular weight is 348 g/mol. The van der Waals surface area contributed by atoms with Crippen LogP contribution in [0.25, 0.3) is 11.0 Å². The van der Waals surface area contributed by atoms with Crippen molar-refractivity contribution in [2.24, 2.45) is 0 Å². The van der Waals surface area contributed by atoms with Gasteiger partial charge < -0.3 is 9.73 Å². The summed E-state index contributed by atoms with van der Waals surface area (Å²) in [7, 11) is 0. The van der Waals surface area contributed by atoms with Gasteiger partial charge >= 0.3 is 0 Å². The minimum atomic E-state index is -0.130. The van der Waals surface area contributed by atoms with Crippen molar-refractivity contribution < 1.29 is 9.21 Å². The van der Waals surface area contributed by atoms with Crippen LogP contribution in [0.1, 0.15) is 16.7 Å². The fraction of sp³-hybridized carbons (Fsp3) is 0.167. The number of carbonyl (C=O) groups excluding carboxylic acids is 1. The van der Waals surface area contributed by atoms with E-state index < -0.39 is 0 Å². The molecule has 1 N–H and O–H groups in total. The molecule has 0 aliphatic carbocycles. The highest BCUT2D eigenvalue weighted by Gasteiger charge is 2.13. The molecule has 0 atom stereocenters. The fourth-order valence-corrected chi connectivity index (χ4v) is 2.79. The molecule has 1 heterocycles. The molecular formula is C18H15Cl2NO2. The summed E-state index contributed by atoms with van der Waals surface area (Å²) >= 11 is 12.2. The first-order valence-corrected chi connectivity index (χ1v) is 7.92. The molecule has 0 fully saturated rings. The standard InChI is InChI=1S/C18H15Cl2NO2/c1-10-6-17-13(8-15(10)20)12(9-23-17)7-18(22)21-16-5-3-4-14(19)11(16)2/h3-6,8-9H,7H2,1-2H3,(H,21,22). The molecule has 0 radical (unpaired) electrons. The lowest BCUT2D eigenvalue weighted by Gasteiger charge is -2.09. The van der Waals surface area contributed by atoms with Gasteiger partial charge in [0.15, 0.2) is 0 Å². The van der Waals surface area contributed by atoms with Crippen molar-refractivity contribution >= 4 is 45.8 Å². The molecule has 5 heteroatoms. The lowest BCUT2D eigenvalue weighted by molar-refractivity contribution is -0.115. The van der Waals surface area contributed by atoms with Gasteiger partial charge in [0.2, 0.25) is 5.91 Å². The molecule has 23 heavy (non-hydrogen) atoms. The van der Waals surface area contributed by atoms with Gasteiger partial charge in [0, 0.05) is 26.7 Å². The van der Waals surface area contributed by atoms with Gasteiger partial charge in [-0.1, -0.05) is 29.3 Å². The van der Waals surface area contributed by atoms with Gasteiger partial charge in [-0.15, -0.1) is 0 Å². The van der Waals surface area contributed by atoms with Gasteiger partial charge in [-0.2, -0.15) is 0 Å². The second-order valence-electron chi connectivity index (χ2n) is 5.50. The van der Waals surface area contributed by atoms with E-state index >= 15 is 0 Å². The van der Waals surface area contributed by atoms with Crippen LogP contribution in [0, 0.1) is 13.8 Å². The number of rotatable bonds is 3. The third kappa shape index (κ3) is 3.21. The summed E-state index contributed by atoms with van der Waals surface area (Å²) in [5, 5.41) is 5.02. The van der Waals surface area contributed by atoms with Crippen LogP contribution in [0.4, 0.5) is 5.69 Å². The highest BCUT2D eigenvalue weighted by atomic mass is 35.5. The molecule has 0 aliphatic rings. The largest absolute Gasteiger partial charge is 0.464 e. The fourth-order valence-electron chi connectivity index (χ4n) is 2.45. The third-order valence-electron chi connectivity index (χ3n) is 3.83. The summed E-state index contributed by atoms with van der Waals surface area (Å²) in [6.45, 7) is 3.78. The SMILES string of the molecule is Cc1cc2occ(CC(=O)Nc3cccc(Cl)c3C)c2cc1Cl. The lowest BCUT2D eigenvalue weighted by Crippen LogP contribution is -2.15. The summed E-state index contributed by atoms with van der Waals surface area (Å²) in [5.74, 6) is -0.130. The number of aryl methyl sites for hydroxylation is 1. The predicted molar refractivity (Wildman–Crippen MR) is 94.5 cm³/mol. The van der Waals surface area contributed by atoms with Gasteiger partial charge in [-0.05, 0) is 49.2 Å². The van der Waals surface area contributed by atoms with E-state index in [0.717, 1.165) is 27.7 Å². The van der Waals surface area contributed by atoms with Gasteiger partial charge in [0.1, 0.15) is 5.58 Å². The van der Waals surface area contributed by atoms with Crippen molar-refractivity contribution in [2.45, 2.75) is 20.3 Å². The summed E-state index contributed by atoms with van der Waals surface area (Å²) in [6, 6.07) is 9.14. The number of fused-ring (bicyclic) bond motifs is 1. The summed E-state index contributed by atoms with van der Waals surface area (Å²) in [6.07, 6.45) is 1.81. The Morgan fingerprint density at radius 1 is 1.17 bits per heavy atom. The number of furan rings is 1. The molecule has 3 rings (SSSR count). The first kappa shape index (κ1) is 15.9. The summed E-state index contributed by atoms with van der Waals surface area (Å²) < 4.78 is 5.52. The molecule has 0 spiro atoms. The molecule has 1 aromatic heterocycles. The Hall–Kier alpha value is -1.97. The number of carbonyl (C=O) groups is 1. The van der Waals surface area contributed by atoms with E-state index in [9.17, 15) is 4.79 Å². The van der Waals surface area contributed by atoms with E-state index in [4.69, 9.17) is 27.6 Å². The molecule has 3 aromatic rings. The van der Waals surface area contributed by atoms with Crippen LogP contribution in [0.2, 0.25) is 10.0 Å². The second-order valence-corrected chi connectivity index (χ2v) is 6.31. The van der Waals surface area contributed by atoms with Crippen molar-refractivity contribution in [3.63, 3.8) is 0 Å². The summed E-state index contributed by atoms with van der Waals surface area (Å²) in [4.78, 5) is 12.3. The van der Waals surface area contributed by atoms with Crippen LogP contribution in [0.5, 0.6) is 0 Å². The minimum absolute atomic E-state index is 0.130. The van der Waals surface area contributed by atoms with Gasteiger partial charge in [0.05, 0.1) is 12.7 Å². The van der Waals surface area contributed by atoms with Crippen LogP contribution >= 0.6 is 23.2 Å². The predicted octanol–water partition coefficient (Wildman–Crippen LogP) is 5.54. The number of hydrogen-bond acceptors (Lipinski definition) is 2. The quantitative estimate of drug-likeness (QED) is 0.675. The van der Waals surface area contributed by atoms with E-state index in [0.29, 0.717) is 15.7 Å². The maximum absolute atomic E-state index is 12.3. The van der Waals surface area contributed by atoms with Crippen molar-refractivity contribution in [1.82, 2.24) is 0 Å². The van der Waals surface area contributed by atoms with Crippen molar-refractivity contribution in [3.8, 4) is 0 Å². The zero-order valence-electron chi connectivity index (χ0n) is 12.7. The Morgan fingerprint density at radius 2 is 1.96 bits per heavy atom. The normalized spacial score (nSPS) is 11.0. The number of anilines is 1. The van der Waals surface area contributed by atoms with Gasteiger partial charge in [-0.25, -0.2) is 0 Å². The second kappa shape index (κ2) is 6.26. The monoisotopic (exact) mass is 347 g/mol. The molecule has 1 amide bonds. The maximum Gasteiger partial charge on any atom is 0.228 e. The molecular weight excluding hydrogens is 333 g/mol. The number of hydrogen-bond donors (Lipinski definition) is 1. The van der Waals surface area contributed by atoms with E-state index in [1.807, 2.05) is 32.0 Å². The van der Waals surface area contributed by atoms with Crippen LogP contribution in [-0.2, 0) is 11.2 Å². The van der Waals surface area contributed by atoms with Crippen LogP contribution in [-0.4, -0.2) is 5.91 Å². The molecule has 0 bridgehead atoms. The smallest absolute Gasteiger partial charge is 0.228 e. The lowest BCUT2D eigenvalue weighted by atomic mass is 10.1. The Labute approximate surface area is 144 Å². The topological polar surface area (TPSA) is 42.2 Å². The molecule has 0 saturated carbocycles. The summed E-state index contributed by atoms with van der Waals surface area (Å²) in [5.41, 5.74) is 4.04.